The lowest BCUT2D eigenvalue weighted by atomic mass is 9.86. The first-order valence-electron chi connectivity index (χ1n) is 14.2. The molecule has 11 nitrogen and oxygen atoms in total. The number of ether oxygens (including phenoxy) is 3. The Balaban J connectivity index is 1.32. The Morgan fingerprint density at radius 2 is 1.93 bits per heavy atom. The Bertz CT molecular complexity index is 1340. The fraction of sp³-hybridized carbons (Fsp3) is 0.552. The summed E-state index contributed by atoms with van der Waals surface area (Å²) in [4.78, 5) is 13.8. The zero-order chi connectivity index (χ0) is 27.9. The molecule has 3 atom stereocenters. The maximum absolute atomic E-state index is 11.6. The predicted molar refractivity (Wildman–Crippen MR) is 152 cm³/mol. The van der Waals surface area contributed by atoms with E-state index in [1.165, 1.54) is 0 Å². The van der Waals surface area contributed by atoms with Crippen molar-refractivity contribution in [2.75, 3.05) is 57.1 Å². The monoisotopic (exact) mass is 549 g/mol. The second kappa shape index (κ2) is 11.0. The summed E-state index contributed by atoms with van der Waals surface area (Å²) in [5.74, 6) is 0.994. The van der Waals surface area contributed by atoms with Crippen molar-refractivity contribution in [3.63, 3.8) is 0 Å². The van der Waals surface area contributed by atoms with Gasteiger partial charge in [-0.25, -0.2) is 9.97 Å². The molecule has 2 unspecified atom stereocenters. The number of hydrogen-bond acceptors (Lipinski definition) is 10. The number of likely N-dealkylation sites (tertiary alicyclic amines) is 1. The number of nitrogens with two attached hydrogens (primary N) is 1. The van der Waals surface area contributed by atoms with E-state index in [2.05, 4.69) is 46.0 Å². The molecule has 0 bridgehead atoms. The molecule has 0 radical (unpaired) electrons. The van der Waals surface area contributed by atoms with Crippen molar-refractivity contribution in [2.45, 2.75) is 56.9 Å². The molecule has 3 aliphatic heterocycles. The van der Waals surface area contributed by atoms with Crippen LogP contribution in [0.2, 0.25) is 0 Å². The van der Waals surface area contributed by atoms with Crippen LogP contribution in [0.4, 0.5) is 11.5 Å². The van der Waals surface area contributed by atoms with E-state index in [0.29, 0.717) is 43.7 Å². The minimum Gasteiger partial charge on any atom is -0.433 e. The molecule has 0 aliphatic carbocycles. The molecule has 214 valence electrons. The molecule has 0 saturated carbocycles. The SMILES string of the molecule is CC1OCCC1(O)c1cc(-c2cnc(N)c(Oc3cnn(C4CCN(C)CC4)c3)n2)cc(N2CCOC[C@H]2C)c1. The highest BCUT2D eigenvalue weighted by Crippen LogP contribution is 2.40. The quantitative estimate of drug-likeness (QED) is 0.474. The van der Waals surface area contributed by atoms with Crippen LogP contribution in [0.15, 0.2) is 36.8 Å². The smallest absolute Gasteiger partial charge is 0.263 e. The number of hydrogen-bond donors (Lipinski definition) is 2. The number of rotatable bonds is 6. The number of anilines is 2. The van der Waals surface area contributed by atoms with E-state index in [1.54, 1.807) is 12.4 Å². The number of nitrogens with zero attached hydrogens (tertiary/aromatic N) is 6. The van der Waals surface area contributed by atoms with E-state index in [9.17, 15) is 5.11 Å². The van der Waals surface area contributed by atoms with Gasteiger partial charge in [0.05, 0.1) is 56.3 Å². The van der Waals surface area contributed by atoms with E-state index in [-0.39, 0.29) is 23.8 Å². The molecule has 3 saturated heterocycles. The third-order valence-corrected chi connectivity index (χ3v) is 8.56. The van der Waals surface area contributed by atoms with Gasteiger partial charge in [-0.1, -0.05) is 0 Å². The third-order valence-electron chi connectivity index (χ3n) is 8.56. The Morgan fingerprint density at radius 3 is 2.67 bits per heavy atom. The molecule has 0 amide bonds. The lowest BCUT2D eigenvalue weighted by Gasteiger charge is -2.36. The fourth-order valence-corrected chi connectivity index (χ4v) is 5.94. The zero-order valence-electron chi connectivity index (χ0n) is 23.5. The first-order chi connectivity index (χ1) is 19.3. The number of piperidine rings is 1. The van der Waals surface area contributed by atoms with Gasteiger partial charge < -0.3 is 34.9 Å². The van der Waals surface area contributed by atoms with Crippen LogP contribution in [-0.4, -0.2) is 88.4 Å². The molecule has 3 aliphatic rings. The van der Waals surface area contributed by atoms with E-state index in [0.717, 1.165) is 49.3 Å². The number of benzene rings is 1. The lowest BCUT2D eigenvalue weighted by Crippen LogP contribution is -2.44. The van der Waals surface area contributed by atoms with Crippen LogP contribution >= 0.6 is 0 Å². The van der Waals surface area contributed by atoms with Gasteiger partial charge in [0.1, 0.15) is 5.60 Å². The highest BCUT2D eigenvalue weighted by Gasteiger charge is 2.42. The number of nitrogen functional groups attached to an aromatic ring is 1. The highest BCUT2D eigenvalue weighted by molar-refractivity contribution is 5.69. The number of morpholine rings is 1. The molecule has 3 N–H and O–H groups in total. The lowest BCUT2D eigenvalue weighted by molar-refractivity contribution is -0.0316. The van der Waals surface area contributed by atoms with Gasteiger partial charge in [-0.3, -0.25) is 4.68 Å². The van der Waals surface area contributed by atoms with E-state index in [4.69, 9.17) is 24.9 Å². The third kappa shape index (κ3) is 5.26. The minimum atomic E-state index is -1.09. The summed E-state index contributed by atoms with van der Waals surface area (Å²) in [6, 6.07) is 6.66. The minimum absolute atomic E-state index is 0.196. The average molecular weight is 550 g/mol. The summed E-state index contributed by atoms with van der Waals surface area (Å²) < 4.78 is 19.5. The van der Waals surface area contributed by atoms with E-state index >= 15 is 0 Å². The Kier molecular flexibility index (Phi) is 7.39. The molecule has 11 heteroatoms. The molecular formula is C29H39N7O4. The Hall–Kier alpha value is -3.25. The maximum atomic E-state index is 11.6. The van der Waals surface area contributed by atoms with Crippen LogP contribution in [0.3, 0.4) is 0 Å². The molecular weight excluding hydrogens is 510 g/mol. The van der Waals surface area contributed by atoms with Gasteiger partial charge in [0.2, 0.25) is 0 Å². The predicted octanol–water partition coefficient (Wildman–Crippen LogP) is 3.20. The van der Waals surface area contributed by atoms with Crippen molar-refractivity contribution in [1.82, 2.24) is 24.6 Å². The summed E-state index contributed by atoms with van der Waals surface area (Å²) in [6.07, 6.45) is 7.54. The highest BCUT2D eigenvalue weighted by atomic mass is 16.5. The normalized spacial score (nSPS) is 26.4. The second-order valence-electron chi connectivity index (χ2n) is 11.3. The van der Waals surface area contributed by atoms with E-state index in [1.807, 2.05) is 23.9 Å². The molecule has 0 spiro atoms. The van der Waals surface area contributed by atoms with Crippen LogP contribution < -0.4 is 15.4 Å². The van der Waals surface area contributed by atoms with Gasteiger partial charge in [-0.05, 0) is 70.6 Å². The number of aromatic nitrogens is 4. The first-order valence-corrected chi connectivity index (χ1v) is 14.2. The van der Waals surface area contributed by atoms with Crippen molar-refractivity contribution >= 4 is 11.5 Å². The first kappa shape index (κ1) is 26.9. The second-order valence-corrected chi connectivity index (χ2v) is 11.3. The topological polar surface area (TPSA) is 124 Å². The fourth-order valence-electron chi connectivity index (χ4n) is 5.94. The van der Waals surface area contributed by atoms with Crippen LogP contribution in [-0.2, 0) is 15.1 Å². The van der Waals surface area contributed by atoms with Gasteiger partial charge in [-0.2, -0.15) is 5.10 Å². The number of aliphatic hydroxyl groups is 1. The Labute approximate surface area is 234 Å². The van der Waals surface area contributed by atoms with Crippen molar-refractivity contribution in [3.8, 4) is 22.9 Å². The van der Waals surface area contributed by atoms with E-state index < -0.39 is 5.60 Å². The molecule has 1 aromatic carbocycles. The maximum Gasteiger partial charge on any atom is 0.263 e. The van der Waals surface area contributed by atoms with Crippen LogP contribution in [0.1, 0.15) is 44.7 Å². The molecule has 2 aromatic heterocycles. The summed E-state index contributed by atoms with van der Waals surface area (Å²) in [5, 5.41) is 16.2. The summed E-state index contributed by atoms with van der Waals surface area (Å²) in [6.45, 7) is 8.72. The van der Waals surface area contributed by atoms with Gasteiger partial charge in [-0.15, -0.1) is 0 Å². The molecule has 3 fully saturated rings. The molecule has 40 heavy (non-hydrogen) atoms. The zero-order valence-corrected chi connectivity index (χ0v) is 23.5. The molecule has 6 rings (SSSR count). The molecule has 5 heterocycles. The van der Waals surface area contributed by atoms with Crippen LogP contribution in [0, 0.1) is 0 Å². The van der Waals surface area contributed by atoms with Crippen molar-refractivity contribution in [2.24, 2.45) is 0 Å². The standard InChI is InChI=1S/C29H39N7O4/c1-19-18-38-11-9-35(19)24-13-21(12-22(14-24)29(37)6-10-39-20(29)2)26-16-31-27(30)28(33-26)40-25-15-32-36(17-25)23-4-7-34(3)8-5-23/h12-17,19-20,23,37H,4-11,18H2,1-3H3,(H2,30,31)/t19-,20?,29?/m1/s1. The van der Waals surface area contributed by atoms with Gasteiger partial charge in [0, 0.05) is 30.3 Å². The van der Waals surface area contributed by atoms with Gasteiger partial charge in [0.25, 0.3) is 5.88 Å². The van der Waals surface area contributed by atoms with Crippen molar-refractivity contribution in [1.29, 1.82) is 0 Å². The van der Waals surface area contributed by atoms with Gasteiger partial charge in [0.15, 0.2) is 11.6 Å². The van der Waals surface area contributed by atoms with Crippen LogP contribution in [0.25, 0.3) is 11.3 Å². The summed E-state index contributed by atoms with van der Waals surface area (Å²) in [7, 11) is 2.14. The summed E-state index contributed by atoms with van der Waals surface area (Å²) >= 11 is 0. The van der Waals surface area contributed by atoms with Crippen molar-refractivity contribution in [3.05, 3.63) is 42.4 Å². The largest absolute Gasteiger partial charge is 0.433 e. The van der Waals surface area contributed by atoms with Gasteiger partial charge >= 0.3 is 0 Å². The van der Waals surface area contributed by atoms with Crippen molar-refractivity contribution < 1.29 is 19.3 Å². The average Bonchev–Trinajstić information content (AvgIpc) is 3.57. The summed E-state index contributed by atoms with van der Waals surface area (Å²) in [5.41, 5.74) is 8.32. The Morgan fingerprint density at radius 1 is 1.10 bits per heavy atom. The van der Waals surface area contributed by atoms with Crippen LogP contribution in [0.5, 0.6) is 11.6 Å². The molecule has 3 aromatic rings.